The molecule has 2 aliphatic rings. The zero-order valence-corrected chi connectivity index (χ0v) is 11.9. The minimum atomic E-state index is -0.483. The standard InChI is InChI=1S/C15H18N2O4/c1-9-3-2-4-13(14(9)17(20)21)15(19)16-10-5-6-11(16)8-12(18)7-10/h2-4,10-12,18H,5-8H2,1H3. The van der Waals surface area contributed by atoms with Crippen molar-refractivity contribution >= 4 is 11.6 Å². The lowest BCUT2D eigenvalue weighted by Gasteiger charge is -2.37. The van der Waals surface area contributed by atoms with E-state index < -0.39 is 4.92 Å². The molecule has 2 fully saturated rings. The lowest BCUT2D eigenvalue weighted by atomic mass is 9.98. The zero-order valence-electron chi connectivity index (χ0n) is 11.9. The van der Waals surface area contributed by atoms with Crippen LogP contribution in [-0.2, 0) is 0 Å². The van der Waals surface area contributed by atoms with Crippen LogP contribution in [-0.4, -0.2) is 39.0 Å². The molecule has 1 amide bonds. The Morgan fingerprint density at radius 1 is 1.33 bits per heavy atom. The van der Waals surface area contributed by atoms with Gasteiger partial charge in [-0.3, -0.25) is 14.9 Å². The Kier molecular flexibility index (Phi) is 3.41. The van der Waals surface area contributed by atoms with Gasteiger partial charge in [-0.2, -0.15) is 0 Å². The molecule has 1 aromatic rings. The van der Waals surface area contributed by atoms with Gasteiger partial charge in [0.2, 0.25) is 0 Å². The molecular weight excluding hydrogens is 272 g/mol. The predicted octanol–water partition coefficient (Wildman–Crippen LogP) is 2.03. The second kappa shape index (κ2) is 5.11. The molecule has 6 nitrogen and oxygen atoms in total. The van der Waals surface area contributed by atoms with Crippen LogP contribution in [0.1, 0.15) is 41.6 Å². The normalized spacial score (nSPS) is 27.7. The number of carbonyl (C=O) groups is 1. The highest BCUT2D eigenvalue weighted by Crippen LogP contribution is 2.38. The van der Waals surface area contributed by atoms with Gasteiger partial charge in [-0.05, 0) is 38.7 Å². The molecule has 0 aromatic heterocycles. The molecule has 1 aromatic carbocycles. The number of nitro groups is 1. The molecule has 2 aliphatic heterocycles. The number of hydrogen-bond donors (Lipinski definition) is 1. The van der Waals surface area contributed by atoms with Crippen molar-refractivity contribution in [3.05, 3.63) is 39.4 Å². The number of aliphatic hydroxyl groups is 1. The third kappa shape index (κ3) is 2.29. The Balaban J connectivity index is 1.97. The highest BCUT2D eigenvalue weighted by atomic mass is 16.6. The summed E-state index contributed by atoms with van der Waals surface area (Å²) in [7, 11) is 0. The number of hydrogen-bond acceptors (Lipinski definition) is 4. The topological polar surface area (TPSA) is 83.7 Å². The number of carbonyl (C=O) groups excluding carboxylic acids is 1. The van der Waals surface area contributed by atoms with Crippen LogP contribution in [0.4, 0.5) is 5.69 Å². The molecule has 2 saturated heterocycles. The number of para-hydroxylation sites is 1. The minimum absolute atomic E-state index is 0.00589. The molecule has 2 unspecified atom stereocenters. The summed E-state index contributed by atoms with van der Waals surface area (Å²) in [6, 6.07) is 4.86. The van der Waals surface area contributed by atoms with Crippen LogP contribution in [0.3, 0.4) is 0 Å². The number of amides is 1. The van der Waals surface area contributed by atoms with Gasteiger partial charge < -0.3 is 10.0 Å². The van der Waals surface area contributed by atoms with Crippen LogP contribution in [0.2, 0.25) is 0 Å². The average Bonchev–Trinajstić information content (AvgIpc) is 2.69. The van der Waals surface area contributed by atoms with E-state index in [4.69, 9.17) is 0 Å². The van der Waals surface area contributed by atoms with Crippen LogP contribution in [0, 0.1) is 17.0 Å². The van der Waals surface area contributed by atoms with E-state index in [2.05, 4.69) is 0 Å². The molecule has 0 spiro atoms. The molecule has 0 radical (unpaired) electrons. The highest BCUT2D eigenvalue weighted by Gasteiger charge is 2.44. The first-order chi connectivity index (χ1) is 9.99. The van der Waals surface area contributed by atoms with Gasteiger partial charge in [0.05, 0.1) is 11.0 Å². The van der Waals surface area contributed by atoms with E-state index in [0.717, 1.165) is 12.8 Å². The fourth-order valence-electron chi connectivity index (χ4n) is 3.69. The van der Waals surface area contributed by atoms with E-state index >= 15 is 0 Å². The maximum absolute atomic E-state index is 12.8. The van der Waals surface area contributed by atoms with Crippen molar-refractivity contribution in [2.75, 3.05) is 0 Å². The molecular formula is C15H18N2O4. The third-order valence-electron chi connectivity index (χ3n) is 4.59. The quantitative estimate of drug-likeness (QED) is 0.667. The summed E-state index contributed by atoms with van der Waals surface area (Å²) in [6.07, 6.45) is 2.52. The molecule has 6 heteroatoms. The second-order valence-electron chi connectivity index (χ2n) is 5.95. The molecule has 2 bridgehead atoms. The molecule has 0 saturated carbocycles. The Labute approximate surface area is 122 Å². The van der Waals surface area contributed by atoms with E-state index in [1.807, 2.05) is 0 Å². The largest absolute Gasteiger partial charge is 0.393 e. The first-order valence-electron chi connectivity index (χ1n) is 7.23. The van der Waals surface area contributed by atoms with E-state index in [-0.39, 0.29) is 35.3 Å². The van der Waals surface area contributed by atoms with Crippen molar-refractivity contribution in [1.29, 1.82) is 0 Å². The lowest BCUT2D eigenvalue weighted by Crippen LogP contribution is -2.48. The summed E-state index contributed by atoms with van der Waals surface area (Å²) in [5, 5.41) is 21.1. The summed E-state index contributed by atoms with van der Waals surface area (Å²) in [6.45, 7) is 1.64. The minimum Gasteiger partial charge on any atom is -0.393 e. The second-order valence-corrected chi connectivity index (χ2v) is 5.95. The van der Waals surface area contributed by atoms with Crippen molar-refractivity contribution in [1.82, 2.24) is 4.90 Å². The van der Waals surface area contributed by atoms with Gasteiger partial charge in [-0.1, -0.05) is 12.1 Å². The number of rotatable bonds is 2. The van der Waals surface area contributed by atoms with Gasteiger partial charge >= 0.3 is 0 Å². The van der Waals surface area contributed by atoms with Crippen molar-refractivity contribution < 1.29 is 14.8 Å². The fraction of sp³-hybridized carbons (Fsp3) is 0.533. The smallest absolute Gasteiger partial charge is 0.285 e. The number of benzene rings is 1. The van der Waals surface area contributed by atoms with Gasteiger partial charge in [0.15, 0.2) is 0 Å². The monoisotopic (exact) mass is 290 g/mol. The first-order valence-corrected chi connectivity index (χ1v) is 7.23. The molecule has 3 rings (SSSR count). The summed E-state index contributed by atoms with van der Waals surface area (Å²) < 4.78 is 0. The number of fused-ring (bicyclic) bond motifs is 2. The SMILES string of the molecule is Cc1cccc(C(=O)N2C3CCC2CC(O)C3)c1[N+](=O)[O-]. The van der Waals surface area contributed by atoms with Gasteiger partial charge in [0.25, 0.3) is 11.6 Å². The molecule has 21 heavy (non-hydrogen) atoms. The summed E-state index contributed by atoms with van der Waals surface area (Å²) in [4.78, 5) is 25.3. The van der Waals surface area contributed by atoms with Crippen molar-refractivity contribution in [2.45, 2.75) is 50.8 Å². The van der Waals surface area contributed by atoms with Crippen LogP contribution in [0.15, 0.2) is 18.2 Å². The molecule has 1 N–H and O–H groups in total. The summed E-state index contributed by atoms with van der Waals surface area (Å²) in [5.41, 5.74) is 0.552. The molecule has 112 valence electrons. The maximum Gasteiger partial charge on any atom is 0.285 e. The summed E-state index contributed by atoms with van der Waals surface area (Å²) >= 11 is 0. The van der Waals surface area contributed by atoms with Crippen molar-refractivity contribution in [3.8, 4) is 0 Å². The van der Waals surface area contributed by atoms with E-state index in [1.54, 1.807) is 24.0 Å². The molecule has 2 atom stereocenters. The number of aliphatic hydroxyl groups excluding tert-OH is 1. The summed E-state index contributed by atoms with van der Waals surface area (Å²) in [5.74, 6) is -0.273. The van der Waals surface area contributed by atoms with Crippen LogP contribution >= 0.6 is 0 Å². The van der Waals surface area contributed by atoms with E-state index in [9.17, 15) is 20.0 Å². The van der Waals surface area contributed by atoms with Crippen LogP contribution < -0.4 is 0 Å². The fourth-order valence-corrected chi connectivity index (χ4v) is 3.69. The zero-order chi connectivity index (χ0) is 15.1. The number of nitrogens with zero attached hydrogens (tertiary/aromatic N) is 2. The number of nitro benzene ring substituents is 1. The molecule has 0 aliphatic carbocycles. The molecule has 2 heterocycles. The van der Waals surface area contributed by atoms with E-state index in [1.165, 1.54) is 6.07 Å². The number of aryl methyl sites for hydroxylation is 1. The maximum atomic E-state index is 12.8. The first kappa shape index (κ1) is 14.0. The number of piperidine rings is 1. The van der Waals surface area contributed by atoms with Crippen molar-refractivity contribution in [3.63, 3.8) is 0 Å². The lowest BCUT2D eigenvalue weighted by molar-refractivity contribution is -0.385. The van der Waals surface area contributed by atoms with Crippen molar-refractivity contribution in [2.24, 2.45) is 0 Å². The van der Waals surface area contributed by atoms with Gasteiger partial charge in [0.1, 0.15) is 5.56 Å². The predicted molar refractivity (Wildman–Crippen MR) is 76.1 cm³/mol. The Hall–Kier alpha value is -1.95. The Morgan fingerprint density at radius 3 is 2.52 bits per heavy atom. The van der Waals surface area contributed by atoms with Gasteiger partial charge in [-0.15, -0.1) is 0 Å². The van der Waals surface area contributed by atoms with E-state index in [0.29, 0.717) is 18.4 Å². The Bertz CT molecular complexity index is 587. The van der Waals surface area contributed by atoms with Gasteiger partial charge in [-0.25, -0.2) is 0 Å². The van der Waals surface area contributed by atoms with Crippen LogP contribution in [0.5, 0.6) is 0 Å². The third-order valence-corrected chi connectivity index (χ3v) is 4.59. The average molecular weight is 290 g/mol. The Morgan fingerprint density at radius 2 is 1.95 bits per heavy atom. The van der Waals surface area contributed by atoms with Gasteiger partial charge in [0, 0.05) is 17.6 Å². The highest BCUT2D eigenvalue weighted by molar-refractivity contribution is 5.99. The van der Waals surface area contributed by atoms with Crippen LogP contribution in [0.25, 0.3) is 0 Å².